The Morgan fingerprint density at radius 3 is 2.50 bits per heavy atom. The molecule has 1 nitrogen and oxygen atoms in total. The third-order valence-electron chi connectivity index (χ3n) is 0.498. The third kappa shape index (κ3) is 3.52. The van der Waals surface area contributed by atoms with Crippen molar-refractivity contribution in [1.82, 2.24) is 5.73 Å². The number of rotatable bonds is 2. The Morgan fingerprint density at radius 1 is 1.67 bits per heavy atom. The van der Waals surface area contributed by atoms with E-state index in [9.17, 15) is 0 Å². The molecular formula is C5H8N. The van der Waals surface area contributed by atoms with E-state index < -0.39 is 0 Å². The molecule has 0 saturated carbocycles. The summed E-state index contributed by atoms with van der Waals surface area (Å²) in [7, 11) is 0. The highest BCUT2D eigenvalue weighted by Crippen LogP contribution is 1.78. The average Bonchev–Trinajstić information content (AvgIpc) is 1.61. The zero-order chi connectivity index (χ0) is 4.83. The molecule has 1 N–H and O–H groups in total. The molecule has 1 radical (unpaired) electrons. The summed E-state index contributed by atoms with van der Waals surface area (Å²) in [4.78, 5) is 0. The Bertz CT molecular complexity index is 51.4. The molecular weight excluding hydrogens is 74.1 g/mol. The molecule has 0 aromatic carbocycles. The second-order valence-corrected chi connectivity index (χ2v) is 1.06. The zero-order valence-electron chi connectivity index (χ0n) is 3.70. The van der Waals surface area contributed by atoms with Gasteiger partial charge in [0.1, 0.15) is 0 Å². The molecule has 0 heterocycles. The van der Waals surface area contributed by atoms with Gasteiger partial charge in [0.25, 0.3) is 0 Å². The van der Waals surface area contributed by atoms with Crippen LogP contribution in [0.4, 0.5) is 0 Å². The van der Waals surface area contributed by atoms with Crippen LogP contribution in [0.15, 0.2) is 0 Å². The smallest absolute Gasteiger partial charge is 0.0109 e. The fourth-order valence-electron chi connectivity index (χ4n) is 0.190. The monoisotopic (exact) mass is 82.1 g/mol. The largest absolute Gasteiger partial charge is 0.258 e. The minimum absolute atomic E-state index is 0.462. The van der Waals surface area contributed by atoms with Crippen molar-refractivity contribution in [3.05, 3.63) is 0 Å². The summed E-state index contributed by atoms with van der Waals surface area (Å²) < 4.78 is 0. The lowest BCUT2D eigenvalue weighted by Crippen LogP contribution is -1.80. The van der Waals surface area contributed by atoms with Crippen LogP contribution in [0, 0.1) is 12.3 Å². The van der Waals surface area contributed by atoms with E-state index in [-0.39, 0.29) is 0 Å². The van der Waals surface area contributed by atoms with Gasteiger partial charge in [-0.05, 0) is 6.42 Å². The molecule has 0 aromatic heterocycles. The van der Waals surface area contributed by atoms with E-state index in [1.807, 2.05) is 0 Å². The Kier molecular flexibility index (Phi) is 4.16. The third-order valence-corrected chi connectivity index (χ3v) is 0.498. The van der Waals surface area contributed by atoms with Crippen molar-refractivity contribution in [2.24, 2.45) is 0 Å². The predicted molar refractivity (Wildman–Crippen MR) is 26.0 cm³/mol. The molecule has 6 heavy (non-hydrogen) atoms. The number of nitrogens with one attached hydrogen (secondary N) is 1. The van der Waals surface area contributed by atoms with Gasteiger partial charge in [-0.3, -0.25) is 5.73 Å². The molecule has 0 unspecified atom stereocenters. The Balaban J connectivity index is 2.54. The van der Waals surface area contributed by atoms with Crippen molar-refractivity contribution < 1.29 is 0 Å². The maximum Gasteiger partial charge on any atom is 0.0109 e. The zero-order valence-corrected chi connectivity index (χ0v) is 3.70. The van der Waals surface area contributed by atoms with E-state index in [1.54, 1.807) is 0 Å². The van der Waals surface area contributed by atoms with E-state index in [2.05, 4.69) is 5.92 Å². The average molecular weight is 82.1 g/mol. The SMILES string of the molecule is C#CCCC[NH]. The molecule has 0 amide bonds. The maximum atomic E-state index is 6.61. The standard InChI is InChI=1S/C5H8N/c1-2-3-4-5-6/h1,6H,3-5H2. The van der Waals surface area contributed by atoms with Crippen LogP contribution in [-0.4, -0.2) is 6.54 Å². The van der Waals surface area contributed by atoms with Gasteiger partial charge in [0, 0.05) is 13.0 Å². The van der Waals surface area contributed by atoms with Crippen molar-refractivity contribution in [3.63, 3.8) is 0 Å². The van der Waals surface area contributed by atoms with E-state index in [1.165, 1.54) is 0 Å². The summed E-state index contributed by atoms with van der Waals surface area (Å²) in [6, 6.07) is 0. The van der Waals surface area contributed by atoms with Crippen LogP contribution in [0.25, 0.3) is 0 Å². The first kappa shape index (κ1) is 5.52. The lowest BCUT2D eigenvalue weighted by Gasteiger charge is -1.79. The normalized spacial score (nSPS) is 7.33. The van der Waals surface area contributed by atoms with Crippen molar-refractivity contribution >= 4 is 0 Å². The van der Waals surface area contributed by atoms with Gasteiger partial charge in [0.2, 0.25) is 0 Å². The minimum Gasteiger partial charge on any atom is -0.258 e. The lowest BCUT2D eigenvalue weighted by molar-refractivity contribution is 0.851. The molecule has 0 aliphatic carbocycles. The van der Waals surface area contributed by atoms with Crippen LogP contribution in [0.1, 0.15) is 12.8 Å². The van der Waals surface area contributed by atoms with Crippen molar-refractivity contribution in [2.45, 2.75) is 12.8 Å². The minimum atomic E-state index is 0.462. The molecule has 0 atom stereocenters. The van der Waals surface area contributed by atoms with Crippen molar-refractivity contribution in [3.8, 4) is 12.3 Å². The second kappa shape index (κ2) is 4.52. The molecule has 0 saturated heterocycles. The molecule has 0 spiro atoms. The van der Waals surface area contributed by atoms with Crippen LogP contribution in [0.2, 0.25) is 0 Å². The molecule has 0 aliphatic rings. The van der Waals surface area contributed by atoms with E-state index in [4.69, 9.17) is 12.2 Å². The van der Waals surface area contributed by atoms with Gasteiger partial charge in [0.15, 0.2) is 0 Å². The van der Waals surface area contributed by atoms with Crippen molar-refractivity contribution in [2.75, 3.05) is 6.54 Å². The van der Waals surface area contributed by atoms with E-state index in [0.29, 0.717) is 6.54 Å². The van der Waals surface area contributed by atoms with Gasteiger partial charge in [-0.25, -0.2) is 0 Å². The Labute approximate surface area is 38.5 Å². The molecule has 0 aromatic rings. The molecule has 0 aliphatic heterocycles. The summed E-state index contributed by atoms with van der Waals surface area (Å²) in [5.74, 6) is 2.45. The van der Waals surface area contributed by atoms with Gasteiger partial charge < -0.3 is 0 Å². The summed E-state index contributed by atoms with van der Waals surface area (Å²) in [5.41, 5.74) is 6.61. The van der Waals surface area contributed by atoms with Gasteiger partial charge >= 0.3 is 0 Å². The fraction of sp³-hybridized carbons (Fsp3) is 0.600. The Hall–Kier alpha value is -0.480. The van der Waals surface area contributed by atoms with Crippen LogP contribution < -0.4 is 5.73 Å². The van der Waals surface area contributed by atoms with Gasteiger partial charge in [-0.2, -0.15) is 0 Å². The molecule has 1 heteroatoms. The molecule has 0 bridgehead atoms. The highest BCUT2D eigenvalue weighted by Gasteiger charge is 1.72. The topological polar surface area (TPSA) is 23.8 Å². The summed E-state index contributed by atoms with van der Waals surface area (Å²) in [6.45, 7) is 0.462. The van der Waals surface area contributed by atoms with Gasteiger partial charge in [0.05, 0.1) is 0 Å². The first-order valence-corrected chi connectivity index (χ1v) is 2.00. The summed E-state index contributed by atoms with van der Waals surface area (Å²) >= 11 is 0. The molecule has 33 valence electrons. The molecule has 0 rings (SSSR count). The first-order chi connectivity index (χ1) is 2.91. The fourth-order valence-corrected chi connectivity index (χ4v) is 0.190. The summed E-state index contributed by atoms with van der Waals surface area (Å²) in [6.07, 6.45) is 6.48. The van der Waals surface area contributed by atoms with Crippen LogP contribution in [0.3, 0.4) is 0 Å². The summed E-state index contributed by atoms with van der Waals surface area (Å²) in [5, 5.41) is 0. The van der Waals surface area contributed by atoms with Crippen LogP contribution in [0.5, 0.6) is 0 Å². The van der Waals surface area contributed by atoms with Crippen LogP contribution in [-0.2, 0) is 0 Å². The Morgan fingerprint density at radius 2 is 2.33 bits per heavy atom. The number of unbranched alkanes of at least 4 members (excludes halogenated alkanes) is 1. The van der Waals surface area contributed by atoms with Crippen molar-refractivity contribution in [1.29, 1.82) is 0 Å². The lowest BCUT2D eigenvalue weighted by atomic mass is 10.3. The van der Waals surface area contributed by atoms with E-state index >= 15 is 0 Å². The van der Waals surface area contributed by atoms with Gasteiger partial charge in [-0.1, -0.05) is 0 Å². The van der Waals surface area contributed by atoms with Crippen LogP contribution >= 0.6 is 0 Å². The predicted octanol–water partition coefficient (Wildman–Crippen LogP) is 0.683. The highest BCUT2D eigenvalue weighted by molar-refractivity contribution is 4.82. The first-order valence-electron chi connectivity index (χ1n) is 2.00. The van der Waals surface area contributed by atoms with Gasteiger partial charge in [-0.15, -0.1) is 12.3 Å². The quantitative estimate of drug-likeness (QED) is 0.345. The number of hydrogen-bond donors (Lipinski definition) is 0. The second-order valence-electron chi connectivity index (χ2n) is 1.06. The molecule has 0 fully saturated rings. The number of hydrogen-bond acceptors (Lipinski definition) is 0. The highest BCUT2D eigenvalue weighted by atomic mass is 14.5. The number of terminal acetylenes is 1. The maximum absolute atomic E-state index is 6.61. The van der Waals surface area contributed by atoms with E-state index in [0.717, 1.165) is 12.8 Å².